The first-order chi connectivity index (χ1) is 13.5. The number of fused-ring (bicyclic) bond motifs is 1. The van der Waals surface area contributed by atoms with E-state index in [4.69, 9.17) is 0 Å². The summed E-state index contributed by atoms with van der Waals surface area (Å²) >= 11 is 1.48. The van der Waals surface area contributed by atoms with Crippen LogP contribution in [0, 0.1) is 6.92 Å². The number of hydrogen-bond donors (Lipinski definition) is 2. The summed E-state index contributed by atoms with van der Waals surface area (Å²) < 4.78 is 1.91. The van der Waals surface area contributed by atoms with Gasteiger partial charge in [0.25, 0.3) is 5.91 Å². The van der Waals surface area contributed by atoms with Crippen molar-refractivity contribution in [3.63, 3.8) is 0 Å². The summed E-state index contributed by atoms with van der Waals surface area (Å²) in [5, 5.41) is 11.8. The lowest BCUT2D eigenvalue weighted by Gasteiger charge is -2.29. The lowest BCUT2D eigenvalue weighted by atomic mass is 9.91. The molecule has 7 heteroatoms. The highest BCUT2D eigenvalue weighted by molar-refractivity contribution is 7.20. The van der Waals surface area contributed by atoms with Gasteiger partial charge in [-0.2, -0.15) is 5.10 Å². The zero-order valence-electron chi connectivity index (χ0n) is 16.1. The minimum atomic E-state index is -0.0248. The van der Waals surface area contributed by atoms with Crippen LogP contribution in [0.5, 0.6) is 0 Å². The van der Waals surface area contributed by atoms with Crippen molar-refractivity contribution < 1.29 is 9.59 Å². The van der Waals surface area contributed by atoms with Crippen molar-refractivity contribution in [3.05, 3.63) is 47.0 Å². The Kier molecular flexibility index (Phi) is 5.17. The predicted octanol–water partition coefficient (Wildman–Crippen LogP) is 3.57. The summed E-state index contributed by atoms with van der Waals surface area (Å²) in [6.45, 7) is 3.52. The first kappa shape index (κ1) is 18.7. The zero-order chi connectivity index (χ0) is 19.7. The molecule has 2 N–H and O–H groups in total. The second-order valence-corrected chi connectivity index (χ2v) is 8.42. The van der Waals surface area contributed by atoms with Gasteiger partial charge in [-0.05, 0) is 50.8 Å². The maximum atomic E-state index is 12.8. The third kappa shape index (κ3) is 3.80. The summed E-state index contributed by atoms with van der Waals surface area (Å²) in [7, 11) is 0. The second kappa shape index (κ2) is 7.75. The van der Waals surface area contributed by atoms with Crippen molar-refractivity contribution in [2.75, 3.05) is 0 Å². The van der Waals surface area contributed by atoms with E-state index in [1.165, 1.54) is 11.3 Å². The molecule has 2 heterocycles. The SMILES string of the molecule is CC(=O)NC1CCC(NC(=O)c2cc3c(C)nn(-c4ccccc4)c3s2)CC1. The predicted molar refractivity (Wildman–Crippen MR) is 111 cm³/mol. The number of nitrogens with one attached hydrogen (secondary N) is 2. The first-order valence-electron chi connectivity index (χ1n) is 9.64. The monoisotopic (exact) mass is 396 g/mol. The van der Waals surface area contributed by atoms with Gasteiger partial charge in [0, 0.05) is 24.4 Å². The van der Waals surface area contributed by atoms with Crippen molar-refractivity contribution in [2.24, 2.45) is 0 Å². The lowest BCUT2D eigenvalue weighted by molar-refractivity contribution is -0.119. The van der Waals surface area contributed by atoms with Gasteiger partial charge in [-0.15, -0.1) is 11.3 Å². The van der Waals surface area contributed by atoms with Gasteiger partial charge >= 0.3 is 0 Å². The molecule has 6 nitrogen and oxygen atoms in total. The molecule has 1 fully saturated rings. The molecule has 1 saturated carbocycles. The molecule has 0 aliphatic heterocycles. The smallest absolute Gasteiger partial charge is 0.261 e. The fourth-order valence-electron chi connectivity index (χ4n) is 3.83. The Balaban J connectivity index is 1.48. The molecule has 0 bridgehead atoms. The van der Waals surface area contributed by atoms with Gasteiger partial charge in [-0.1, -0.05) is 18.2 Å². The Morgan fingerprint density at radius 3 is 2.36 bits per heavy atom. The standard InChI is InChI=1S/C21H24N4O2S/c1-13-18-12-19(28-21(18)25(24-13)17-6-4-3-5-7-17)20(27)23-16-10-8-15(9-11-16)22-14(2)26/h3-7,12,15-16H,8-11H2,1-2H3,(H,22,26)(H,23,27). The van der Waals surface area contributed by atoms with Crippen LogP contribution in [0.1, 0.15) is 48.0 Å². The number of carbonyl (C=O) groups excluding carboxylic acids is 2. The Labute approximate surface area is 167 Å². The quantitative estimate of drug-likeness (QED) is 0.708. The molecule has 1 aliphatic carbocycles. The zero-order valence-corrected chi connectivity index (χ0v) is 16.9. The van der Waals surface area contributed by atoms with E-state index in [-0.39, 0.29) is 23.9 Å². The second-order valence-electron chi connectivity index (χ2n) is 7.38. The fraction of sp³-hybridized carbons (Fsp3) is 0.381. The third-order valence-electron chi connectivity index (χ3n) is 5.24. The normalized spacial score (nSPS) is 19.5. The van der Waals surface area contributed by atoms with Crippen molar-refractivity contribution in [2.45, 2.75) is 51.6 Å². The number of aromatic nitrogens is 2. The molecule has 0 radical (unpaired) electrons. The number of rotatable bonds is 4. The van der Waals surface area contributed by atoms with Gasteiger partial charge in [-0.25, -0.2) is 4.68 Å². The van der Waals surface area contributed by atoms with Crippen LogP contribution < -0.4 is 10.6 Å². The van der Waals surface area contributed by atoms with Crippen LogP contribution >= 0.6 is 11.3 Å². The first-order valence-corrected chi connectivity index (χ1v) is 10.5. The van der Waals surface area contributed by atoms with Gasteiger partial charge in [0.2, 0.25) is 5.91 Å². The molecule has 2 amide bonds. The molecule has 3 aromatic rings. The van der Waals surface area contributed by atoms with Gasteiger partial charge < -0.3 is 10.6 Å². The molecule has 146 valence electrons. The van der Waals surface area contributed by atoms with E-state index in [1.54, 1.807) is 6.92 Å². The Morgan fingerprint density at radius 1 is 1.07 bits per heavy atom. The highest BCUT2D eigenvalue weighted by Crippen LogP contribution is 2.30. The molecular formula is C21H24N4O2S. The minimum absolute atomic E-state index is 0.0144. The molecule has 4 rings (SSSR count). The minimum Gasteiger partial charge on any atom is -0.354 e. The molecule has 1 aromatic carbocycles. The van der Waals surface area contributed by atoms with Crippen LogP contribution in [-0.2, 0) is 4.79 Å². The molecule has 28 heavy (non-hydrogen) atoms. The van der Waals surface area contributed by atoms with Gasteiger partial charge in [0.05, 0.1) is 16.3 Å². The molecule has 0 spiro atoms. The van der Waals surface area contributed by atoms with E-state index in [2.05, 4.69) is 15.7 Å². The van der Waals surface area contributed by atoms with Crippen LogP contribution in [0.25, 0.3) is 15.9 Å². The molecule has 0 unspecified atom stereocenters. The van der Waals surface area contributed by atoms with Crippen LogP contribution in [0.3, 0.4) is 0 Å². The fourth-order valence-corrected chi connectivity index (χ4v) is 4.92. The van der Waals surface area contributed by atoms with Crippen molar-refractivity contribution in [1.29, 1.82) is 0 Å². The van der Waals surface area contributed by atoms with E-state index in [1.807, 2.05) is 48.0 Å². The lowest BCUT2D eigenvalue weighted by Crippen LogP contribution is -2.43. The van der Waals surface area contributed by atoms with E-state index >= 15 is 0 Å². The van der Waals surface area contributed by atoms with E-state index in [0.717, 1.165) is 47.3 Å². The van der Waals surface area contributed by atoms with Crippen molar-refractivity contribution >= 4 is 33.4 Å². The van der Waals surface area contributed by atoms with Crippen molar-refractivity contribution in [1.82, 2.24) is 20.4 Å². The van der Waals surface area contributed by atoms with Crippen LogP contribution in [0.15, 0.2) is 36.4 Å². The maximum Gasteiger partial charge on any atom is 0.261 e. The topological polar surface area (TPSA) is 76.0 Å². The average molecular weight is 397 g/mol. The largest absolute Gasteiger partial charge is 0.354 e. The number of carbonyl (C=O) groups is 2. The molecule has 2 aromatic heterocycles. The molecular weight excluding hydrogens is 372 g/mol. The highest BCUT2D eigenvalue weighted by atomic mass is 32.1. The van der Waals surface area contributed by atoms with Gasteiger partial charge in [0.15, 0.2) is 0 Å². The summed E-state index contributed by atoms with van der Waals surface area (Å²) in [5.74, 6) is -0.0104. The average Bonchev–Trinajstić information content (AvgIpc) is 3.24. The van der Waals surface area contributed by atoms with E-state index in [9.17, 15) is 9.59 Å². The van der Waals surface area contributed by atoms with Crippen LogP contribution in [0.4, 0.5) is 0 Å². The van der Waals surface area contributed by atoms with Crippen molar-refractivity contribution in [3.8, 4) is 5.69 Å². The van der Waals surface area contributed by atoms with Gasteiger partial charge in [0.1, 0.15) is 4.83 Å². The number of hydrogen-bond acceptors (Lipinski definition) is 4. The Hall–Kier alpha value is -2.67. The number of aryl methyl sites for hydroxylation is 1. The van der Waals surface area contributed by atoms with Crippen LogP contribution in [-0.4, -0.2) is 33.7 Å². The summed E-state index contributed by atoms with van der Waals surface area (Å²) in [5.41, 5.74) is 1.91. The summed E-state index contributed by atoms with van der Waals surface area (Å²) in [6.07, 6.45) is 3.58. The molecule has 1 aliphatic rings. The summed E-state index contributed by atoms with van der Waals surface area (Å²) in [4.78, 5) is 25.7. The van der Waals surface area contributed by atoms with E-state index < -0.39 is 0 Å². The molecule has 0 saturated heterocycles. The highest BCUT2D eigenvalue weighted by Gasteiger charge is 2.24. The number of thiophene rings is 1. The Morgan fingerprint density at radius 2 is 1.71 bits per heavy atom. The number of amides is 2. The van der Waals surface area contributed by atoms with Crippen LogP contribution in [0.2, 0.25) is 0 Å². The molecule has 0 atom stereocenters. The third-order valence-corrected chi connectivity index (χ3v) is 6.35. The number of benzene rings is 1. The van der Waals surface area contributed by atoms with Gasteiger partial charge in [-0.3, -0.25) is 9.59 Å². The number of para-hydroxylation sites is 1. The number of nitrogens with zero attached hydrogens (tertiary/aromatic N) is 2. The van der Waals surface area contributed by atoms with E-state index in [0.29, 0.717) is 4.88 Å². The maximum absolute atomic E-state index is 12.8. The Bertz CT molecular complexity index is 1000. The summed E-state index contributed by atoms with van der Waals surface area (Å²) in [6, 6.07) is 12.3.